The number of ether oxygens (including phenoxy) is 1. The van der Waals surface area contributed by atoms with Crippen LogP contribution in [-0.2, 0) is 23.9 Å². The number of hydrogen-bond donors (Lipinski definition) is 3. The minimum Gasteiger partial charge on any atom is -0.457 e. The first-order valence-corrected chi connectivity index (χ1v) is 14.1. The van der Waals surface area contributed by atoms with Crippen LogP contribution in [0, 0.1) is 5.92 Å². The second kappa shape index (κ2) is 13.0. The van der Waals surface area contributed by atoms with Gasteiger partial charge in [0.25, 0.3) is 5.91 Å². The van der Waals surface area contributed by atoms with E-state index >= 15 is 0 Å². The second-order valence-electron chi connectivity index (χ2n) is 10.9. The number of nitrogens with zero attached hydrogens (tertiary/aromatic N) is 2. The fourth-order valence-corrected chi connectivity index (χ4v) is 4.92. The zero-order chi connectivity index (χ0) is 28.8. The van der Waals surface area contributed by atoms with Gasteiger partial charge in [0, 0.05) is 24.5 Å². The number of pyridine rings is 1. The van der Waals surface area contributed by atoms with Gasteiger partial charge in [0.05, 0.1) is 5.69 Å². The van der Waals surface area contributed by atoms with E-state index in [1.165, 1.54) is 5.01 Å². The molecule has 1 fully saturated rings. The van der Waals surface area contributed by atoms with Gasteiger partial charge in [-0.15, -0.1) is 0 Å². The van der Waals surface area contributed by atoms with E-state index in [9.17, 15) is 19.2 Å². The van der Waals surface area contributed by atoms with Crippen LogP contribution in [0.1, 0.15) is 77.2 Å². The molecule has 3 amide bonds. The molecule has 10 nitrogen and oxygen atoms in total. The van der Waals surface area contributed by atoms with Gasteiger partial charge in [-0.05, 0) is 74.6 Å². The molecule has 2 aliphatic heterocycles. The Hall–Kier alpha value is -3.79. The van der Waals surface area contributed by atoms with Gasteiger partial charge in [0.15, 0.2) is 0 Å². The van der Waals surface area contributed by atoms with Crippen molar-refractivity contribution in [1.82, 2.24) is 26.1 Å². The van der Waals surface area contributed by atoms with E-state index in [4.69, 9.17) is 4.74 Å². The van der Waals surface area contributed by atoms with Crippen molar-refractivity contribution in [3.8, 4) is 0 Å². The van der Waals surface area contributed by atoms with E-state index in [0.29, 0.717) is 32.2 Å². The molecular weight excluding hydrogens is 510 g/mol. The summed E-state index contributed by atoms with van der Waals surface area (Å²) in [5.74, 6) is -1.62. The number of allylic oxidation sites excluding steroid dienone is 1. The van der Waals surface area contributed by atoms with Gasteiger partial charge in [-0.25, -0.2) is 5.43 Å². The van der Waals surface area contributed by atoms with Crippen LogP contribution in [0.2, 0.25) is 0 Å². The molecule has 10 heteroatoms. The van der Waals surface area contributed by atoms with Crippen LogP contribution in [-0.4, -0.2) is 58.4 Å². The van der Waals surface area contributed by atoms with Crippen molar-refractivity contribution in [3.63, 3.8) is 0 Å². The van der Waals surface area contributed by atoms with E-state index in [1.54, 1.807) is 13.1 Å². The van der Waals surface area contributed by atoms with Crippen molar-refractivity contribution in [2.45, 2.75) is 84.0 Å². The Morgan fingerprint density at radius 2 is 1.82 bits per heavy atom. The van der Waals surface area contributed by atoms with Crippen LogP contribution >= 0.6 is 0 Å². The zero-order valence-corrected chi connectivity index (χ0v) is 23.6. The lowest BCUT2D eigenvalue weighted by molar-refractivity contribution is -0.157. The summed E-state index contributed by atoms with van der Waals surface area (Å²) in [4.78, 5) is 56.4. The molecule has 2 aromatic rings. The predicted molar refractivity (Wildman–Crippen MR) is 151 cm³/mol. The number of cyclic esters (lactones) is 1. The number of esters is 1. The maximum atomic E-state index is 13.2. The summed E-state index contributed by atoms with van der Waals surface area (Å²) in [6.07, 6.45) is 7.91. The van der Waals surface area contributed by atoms with Crippen LogP contribution < -0.4 is 16.1 Å². The summed E-state index contributed by atoms with van der Waals surface area (Å²) in [6, 6.07) is 5.53. The number of nitrogens with one attached hydrogen (secondary N) is 3. The number of benzene rings is 1. The average Bonchev–Trinajstić information content (AvgIpc) is 2.94. The molecule has 0 saturated carbocycles. The molecule has 40 heavy (non-hydrogen) atoms. The van der Waals surface area contributed by atoms with Crippen molar-refractivity contribution in [2.24, 2.45) is 5.92 Å². The maximum Gasteiger partial charge on any atom is 0.325 e. The van der Waals surface area contributed by atoms with Crippen LogP contribution in [0.3, 0.4) is 0 Å². The Morgan fingerprint density at radius 3 is 2.60 bits per heavy atom. The lowest BCUT2D eigenvalue weighted by Gasteiger charge is -2.35. The van der Waals surface area contributed by atoms with E-state index in [-0.39, 0.29) is 24.2 Å². The molecule has 5 bridgehead atoms. The van der Waals surface area contributed by atoms with E-state index < -0.39 is 36.1 Å². The first kappa shape index (κ1) is 29.2. The van der Waals surface area contributed by atoms with E-state index in [1.807, 2.05) is 57.2 Å². The molecule has 1 saturated heterocycles. The number of fused-ring (bicyclic) bond motifs is 4. The quantitative estimate of drug-likeness (QED) is 0.466. The van der Waals surface area contributed by atoms with Crippen LogP contribution in [0.15, 0.2) is 36.5 Å². The highest BCUT2D eigenvalue weighted by Gasteiger charge is 2.33. The van der Waals surface area contributed by atoms with Crippen molar-refractivity contribution >= 4 is 40.5 Å². The summed E-state index contributed by atoms with van der Waals surface area (Å²) in [5, 5.41) is 8.88. The average molecular weight is 550 g/mol. The van der Waals surface area contributed by atoms with Gasteiger partial charge in [0.2, 0.25) is 11.8 Å². The van der Waals surface area contributed by atoms with E-state index in [0.717, 1.165) is 22.0 Å². The van der Waals surface area contributed by atoms with Crippen molar-refractivity contribution < 1.29 is 23.9 Å². The number of carbonyl (C=O) groups excluding carboxylic acids is 4. The zero-order valence-electron chi connectivity index (χ0n) is 23.6. The summed E-state index contributed by atoms with van der Waals surface area (Å²) in [7, 11) is 0. The molecule has 0 aliphatic carbocycles. The lowest BCUT2D eigenvalue weighted by Crippen LogP contribution is -2.61. The first-order chi connectivity index (χ1) is 19.1. The molecule has 4 rings (SSSR count). The van der Waals surface area contributed by atoms with Crippen molar-refractivity contribution in [3.05, 3.63) is 47.8 Å². The predicted octanol–water partition coefficient (Wildman–Crippen LogP) is 3.18. The number of carbonyl (C=O) groups is 4. The molecule has 0 radical (unpaired) electrons. The fraction of sp³-hybridized carbons (Fsp3) is 0.500. The van der Waals surface area contributed by atoms with Crippen LogP contribution in [0.5, 0.6) is 0 Å². The third-order valence-corrected chi connectivity index (χ3v) is 7.32. The van der Waals surface area contributed by atoms with Gasteiger partial charge < -0.3 is 15.4 Å². The third kappa shape index (κ3) is 7.24. The van der Waals surface area contributed by atoms with Crippen molar-refractivity contribution in [1.29, 1.82) is 0 Å². The van der Waals surface area contributed by atoms with Crippen LogP contribution in [0.4, 0.5) is 0 Å². The van der Waals surface area contributed by atoms with Gasteiger partial charge in [-0.2, -0.15) is 0 Å². The molecule has 4 atom stereocenters. The molecule has 0 unspecified atom stereocenters. The van der Waals surface area contributed by atoms with Gasteiger partial charge in [-0.1, -0.05) is 32.1 Å². The highest BCUT2D eigenvalue weighted by atomic mass is 16.5. The maximum absolute atomic E-state index is 13.2. The molecule has 1 aromatic carbocycles. The summed E-state index contributed by atoms with van der Waals surface area (Å²) < 4.78 is 5.80. The monoisotopic (exact) mass is 549 g/mol. The topological polar surface area (TPSA) is 130 Å². The standard InChI is InChI=1S/C30H39N5O5/c1-18(2)27-28(37)32-19(3)29(38)35-14-8-10-25(34-35)30(39)40-20(4)21-12-13-22-17-31-24(16-23(22)15-21)9-6-5-7-11-26(36)33-27/h6,9,12-13,15-20,25,27,34H,5,7-8,10-11,14H2,1-4H3,(H,32,37)(H,33,36)/b9-6+/t19-,20+,25-,27-/m0/s1. The number of hydrazine groups is 1. The SMILES string of the molecule is CC(C)[C@@H]1NC(=O)CCC/C=C/c2cc3cc(ccc3cn2)[C@@H](C)OC(=O)[C@@H]2CCCN(N2)C(=O)[C@H](C)NC1=O. The number of hydrogen-bond acceptors (Lipinski definition) is 7. The van der Waals surface area contributed by atoms with Gasteiger partial charge in [-0.3, -0.25) is 29.2 Å². The Kier molecular flexibility index (Phi) is 9.52. The largest absolute Gasteiger partial charge is 0.457 e. The lowest BCUT2D eigenvalue weighted by atomic mass is 10.0. The first-order valence-electron chi connectivity index (χ1n) is 14.1. The highest BCUT2D eigenvalue weighted by molar-refractivity contribution is 5.92. The van der Waals surface area contributed by atoms with Gasteiger partial charge in [0.1, 0.15) is 24.2 Å². The Labute approximate surface area is 234 Å². The molecule has 3 N–H and O–H groups in total. The molecular formula is C30H39N5O5. The minimum atomic E-state index is -0.853. The summed E-state index contributed by atoms with van der Waals surface area (Å²) >= 11 is 0. The Morgan fingerprint density at radius 1 is 1.02 bits per heavy atom. The highest BCUT2D eigenvalue weighted by Crippen LogP contribution is 2.24. The van der Waals surface area contributed by atoms with Crippen molar-refractivity contribution in [2.75, 3.05) is 6.54 Å². The Balaban J connectivity index is 1.58. The molecule has 214 valence electrons. The Bertz CT molecular complexity index is 1290. The smallest absolute Gasteiger partial charge is 0.325 e. The summed E-state index contributed by atoms with van der Waals surface area (Å²) in [6.45, 7) is 7.51. The molecule has 0 spiro atoms. The fourth-order valence-electron chi connectivity index (χ4n) is 4.92. The van der Waals surface area contributed by atoms with E-state index in [2.05, 4.69) is 21.0 Å². The normalized spacial score (nSPS) is 26.5. The number of amides is 3. The van der Waals surface area contributed by atoms with Gasteiger partial charge >= 0.3 is 5.97 Å². The number of aromatic nitrogens is 1. The number of rotatable bonds is 1. The molecule has 3 heterocycles. The van der Waals surface area contributed by atoms with Crippen LogP contribution in [0.25, 0.3) is 16.8 Å². The molecule has 1 aromatic heterocycles. The molecule has 2 aliphatic rings. The second-order valence-corrected chi connectivity index (χ2v) is 10.9. The minimum absolute atomic E-state index is 0.172. The third-order valence-electron chi connectivity index (χ3n) is 7.32. The summed E-state index contributed by atoms with van der Waals surface area (Å²) in [5.41, 5.74) is 4.63.